The van der Waals surface area contributed by atoms with Crippen molar-refractivity contribution in [1.82, 2.24) is 4.90 Å². The van der Waals surface area contributed by atoms with E-state index in [1.165, 1.54) is 29.8 Å². The summed E-state index contributed by atoms with van der Waals surface area (Å²) in [5.41, 5.74) is 2.38. The number of halogens is 1. The summed E-state index contributed by atoms with van der Waals surface area (Å²) in [6.45, 7) is 1.23. The van der Waals surface area contributed by atoms with Crippen molar-refractivity contribution in [2.75, 3.05) is 18.1 Å². The molecule has 0 aliphatic carbocycles. The first kappa shape index (κ1) is 18.9. The fraction of sp³-hybridized carbons (Fsp3) is 0.368. The zero-order chi connectivity index (χ0) is 19.2. The second kappa shape index (κ2) is 6.88. The molecule has 1 saturated heterocycles. The van der Waals surface area contributed by atoms with Crippen LogP contribution in [0.3, 0.4) is 0 Å². The second-order valence-corrected chi connectivity index (χ2v) is 11.9. The number of sulfone groups is 2. The van der Waals surface area contributed by atoms with Gasteiger partial charge >= 0.3 is 0 Å². The lowest BCUT2D eigenvalue weighted by atomic mass is 9.98. The zero-order valence-electron chi connectivity index (χ0n) is 14.6. The molecule has 2 atom stereocenters. The molecule has 0 bridgehead atoms. The molecule has 0 N–H and O–H groups in total. The second-order valence-electron chi connectivity index (χ2n) is 7.17. The van der Waals surface area contributed by atoms with Crippen LogP contribution in [-0.4, -0.2) is 51.1 Å². The monoisotopic (exact) mass is 425 g/mol. The average Bonchev–Trinajstić information content (AvgIpc) is 2.98. The summed E-state index contributed by atoms with van der Waals surface area (Å²) in [6, 6.07) is 13.4. The topological polar surface area (TPSA) is 71.5 Å². The third-order valence-corrected chi connectivity index (χ3v) is 9.83. The molecule has 2 aromatic rings. The van der Waals surface area contributed by atoms with E-state index in [0.717, 1.165) is 12.0 Å². The molecule has 1 fully saturated rings. The van der Waals surface area contributed by atoms with Crippen LogP contribution in [0.2, 0.25) is 5.02 Å². The molecular formula is C19H20ClNO4S2. The SMILES string of the molecule is O=S1(=O)C[C@H](N2CCc3ccccc3C2)[C@@H](S(=O)(=O)c2ccc(Cl)cc2)C1. The largest absolute Gasteiger partial charge is 0.293 e. The normalized spacial score (nSPS) is 25.2. The van der Waals surface area contributed by atoms with E-state index in [4.69, 9.17) is 11.6 Å². The van der Waals surface area contributed by atoms with Crippen LogP contribution in [0.1, 0.15) is 11.1 Å². The highest BCUT2D eigenvalue weighted by Crippen LogP contribution is 2.32. The highest BCUT2D eigenvalue weighted by atomic mass is 35.5. The van der Waals surface area contributed by atoms with Gasteiger partial charge in [-0.15, -0.1) is 0 Å². The zero-order valence-corrected chi connectivity index (χ0v) is 17.0. The minimum atomic E-state index is -3.78. The minimum absolute atomic E-state index is 0.118. The van der Waals surface area contributed by atoms with E-state index in [1.54, 1.807) is 0 Å². The number of hydrogen-bond acceptors (Lipinski definition) is 5. The smallest absolute Gasteiger partial charge is 0.183 e. The van der Waals surface area contributed by atoms with Gasteiger partial charge in [-0.1, -0.05) is 35.9 Å². The Kier molecular flexibility index (Phi) is 4.83. The third kappa shape index (κ3) is 3.66. The van der Waals surface area contributed by atoms with Gasteiger partial charge in [-0.2, -0.15) is 0 Å². The molecule has 0 amide bonds. The van der Waals surface area contributed by atoms with Gasteiger partial charge in [-0.3, -0.25) is 4.90 Å². The molecule has 2 aliphatic heterocycles. The Bertz CT molecular complexity index is 1070. The molecule has 8 heteroatoms. The van der Waals surface area contributed by atoms with E-state index in [2.05, 4.69) is 6.07 Å². The lowest BCUT2D eigenvalue weighted by Gasteiger charge is -2.35. The first-order chi connectivity index (χ1) is 12.8. The molecule has 0 aromatic heterocycles. The summed E-state index contributed by atoms with van der Waals surface area (Å²) < 4.78 is 51.1. The van der Waals surface area contributed by atoms with Crippen LogP contribution in [0, 0.1) is 0 Å². The summed E-state index contributed by atoms with van der Waals surface area (Å²) in [6.07, 6.45) is 0.792. The van der Waals surface area contributed by atoms with E-state index in [0.29, 0.717) is 18.1 Å². The molecule has 0 spiro atoms. The molecule has 2 aromatic carbocycles. The van der Waals surface area contributed by atoms with E-state index < -0.39 is 31.0 Å². The van der Waals surface area contributed by atoms with Crippen molar-refractivity contribution in [1.29, 1.82) is 0 Å². The quantitative estimate of drug-likeness (QED) is 0.754. The lowest BCUT2D eigenvalue weighted by Crippen LogP contribution is -2.48. The molecule has 2 aliphatic rings. The van der Waals surface area contributed by atoms with Gasteiger partial charge in [0.25, 0.3) is 0 Å². The first-order valence-electron chi connectivity index (χ1n) is 8.77. The van der Waals surface area contributed by atoms with Gasteiger partial charge in [0.1, 0.15) is 0 Å². The van der Waals surface area contributed by atoms with Crippen LogP contribution >= 0.6 is 11.6 Å². The number of fused-ring (bicyclic) bond motifs is 1. The van der Waals surface area contributed by atoms with Gasteiger partial charge in [-0.25, -0.2) is 16.8 Å². The Morgan fingerprint density at radius 1 is 0.963 bits per heavy atom. The summed E-state index contributed by atoms with van der Waals surface area (Å²) in [7, 11) is -7.20. The first-order valence-corrected chi connectivity index (χ1v) is 12.5. The highest BCUT2D eigenvalue weighted by Gasteiger charge is 2.48. The Labute approximate surface area is 164 Å². The summed E-state index contributed by atoms with van der Waals surface area (Å²) in [4.78, 5) is 2.14. The number of hydrogen-bond donors (Lipinski definition) is 0. The average molecular weight is 426 g/mol. The van der Waals surface area contributed by atoms with Gasteiger partial charge in [0, 0.05) is 24.2 Å². The molecular weight excluding hydrogens is 406 g/mol. The minimum Gasteiger partial charge on any atom is -0.293 e. The van der Waals surface area contributed by atoms with Crippen LogP contribution < -0.4 is 0 Å². The molecule has 27 heavy (non-hydrogen) atoms. The van der Waals surface area contributed by atoms with E-state index in [1.807, 2.05) is 23.1 Å². The van der Waals surface area contributed by atoms with Crippen molar-refractivity contribution in [2.45, 2.75) is 29.2 Å². The molecule has 144 valence electrons. The van der Waals surface area contributed by atoms with Crippen molar-refractivity contribution in [2.24, 2.45) is 0 Å². The molecule has 0 unspecified atom stereocenters. The Hall–Kier alpha value is -1.41. The van der Waals surface area contributed by atoms with Gasteiger partial charge in [0.15, 0.2) is 19.7 Å². The third-order valence-electron chi connectivity index (χ3n) is 5.44. The fourth-order valence-electron chi connectivity index (χ4n) is 4.03. The molecule has 0 saturated carbocycles. The number of rotatable bonds is 3. The Morgan fingerprint density at radius 3 is 2.33 bits per heavy atom. The molecule has 5 nitrogen and oxygen atoms in total. The van der Waals surface area contributed by atoms with Crippen LogP contribution in [-0.2, 0) is 32.6 Å². The summed E-state index contributed by atoms with van der Waals surface area (Å²) >= 11 is 5.87. The summed E-state index contributed by atoms with van der Waals surface area (Å²) in [5.74, 6) is -0.451. The Balaban J connectivity index is 1.68. The van der Waals surface area contributed by atoms with E-state index >= 15 is 0 Å². The maximum Gasteiger partial charge on any atom is 0.183 e. The Morgan fingerprint density at radius 2 is 1.63 bits per heavy atom. The van der Waals surface area contributed by atoms with Crippen LogP contribution in [0.25, 0.3) is 0 Å². The van der Waals surface area contributed by atoms with Gasteiger partial charge in [0.05, 0.1) is 21.7 Å². The maximum atomic E-state index is 13.2. The predicted octanol–water partition coefficient (Wildman–Crippen LogP) is 2.34. The highest BCUT2D eigenvalue weighted by molar-refractivity contribution is 7.96. The fourth-order valence-corrected chi connectivity index (χ4v) is 8.99. The van der Waals surface area contributed by atoms with Crippen molar-refractivity contribution < 1.29 is 16.8 Å². The van der Waals surface area contributed by atoms with E-state index in [9.17, 15) is 16.8 Å². The van der Waals surface area contributed by atoms with Crippen LogP contribution in [0.5, 0.6) is 0 Å². The lowest BCUT2D eigenvalue weighted by molar-refractivity contribution is 0.195. The standard InChI is InChI=1S/C19H20ClNO4S2/c20-16-5-7-17(8-6-16)27(24,25)19-13-26(22,23)12-18(19)21-10-9-14-3-1-2-4-15(14)11-21/h1-8,18-19H,9-13H2/t18-,19-/m0/s1. The van der Waals surface area contributed by atoms with E-state index in [-0.39, 0.29) is 16.4 Å². The number of nitrogens with zero attached hydrogens (tertiary/aromatic N) is 1. The summed E-state index contributed by atoms with van der Waals surface area (Å²) in [5, 5.41) is -0.522. The van der Waals surface area contributed by atoms with Gasteiger partial charge in [-0.05, 0) is 41.8 Å². The predicted molar refractivity (Wildman–Crippen MR) is 105 cm³/mol. The molecule has 0 radical (unpaired) electrons. The van der Waals surface area contributed by atoms with Gasteiger partial charge < -0.3 is 0 Å². The van der Waals surface area contributed by atoms with Crippen LogP contribution in [0.15, 0.2) is 53.4 Å². The van der Waals surface area contributed by atoms with Crippen molar-refractivity contribution in [3.05, 3.63) is 64.7 Å². The van der Waals surface area contributed by atoms with Crippen LogP contribution in [0.4, 0.5) is 0 Å². The van der Waals surface area contributed by atoms with Gasteiger partial charge in [0.2, 0.25) is 0 Å². The maximum absolute atomic E-state index is 13.2. The van der Waals surface area contributed by atoms with Crippen molar-refractivity contribution in [3.63, 3.8) is 0 Å². The molecule has 4 rings (SSSR count). The van der Waals surface area contributed by atoms with Crippen molar-refractivity contribution >= 4 is 31.3 Å². The number of benzene rings is 2. The van der Waals surface area contributed by atoms with Crippen molar-refractivity contribution in [3.8, 4) is 0 Å². The molecule has 2 heterocycles.